The van der Waals surface area contributed by atoms with E-state index in [4.69, 9.17) is 0 Å². The van der Waals surface area contributed by atoms with Crippen LogP contribution in [-0.2, 0) is 21.2 Å². The molecule has 1 amide bonds. The molecule has 0 unspecified atom stereocenters. The van der Waals surface area contributed by atoms with Crippen LogP contribution in [0.3, 0.4) is 0 Å². The Morgan fingerprint density at radius 2 is 1.69 bits per heavy atom. The molecular formula is C19H23FN2O3S. The molecule has 140 valence electrons. The van der Waals surface area contributed by atoms with Gasteiger partial charge in [0.05, 0.1) is 11.9 Å². The van der Waals surface area contributed by atoms with Crippen LogP contribution in [0, 0.1) is 5.82 Å². The van der Waals surface area contributed by atoms with E-state index in [9.17, 15) is 17.6 Å². The number of benzene rings is 2. The van der Waals surface area contributed by atoms with Crippen LogP contribution >= 0.6 is 0 Å². The van der Waals surface area contributed by atoms with Gasteiger partial charge in [0, 0.05) is 5.69 Å². The summed E-state index contributed by atoms with van der Waals surface area (Å²) in [6.45, 7) is 1.74. The van der Waals surface area contributed by atoms with Gasteiger partial charge in [0.25, 0.3) is 0 Å². The molecule has 0 saturated carbocycles. The first-order valence-corrected chi connectivity index (χ1v) is 10.3. The van der Waals surface area contributed by atoms with Crippen LogP contribution in [0.15, 0.2) is 48.5 Å². The quantitative estimate of drug-likeness (QED) is 0.764. The van der Waals surface area contributed by atoms with E-state index in [0.717, 1.165) is 42.0 Å². The number of hydrogen-bond donors (Lipinski definition) is 1. The number of rotatable bonds is 8. The average Bonchev–Trinajstić information content (AvgIpc) is 2.59. The fourth-order valence-corrected chi connectivity index (χ4v) is 3.33. The minimum absolute atomic E-state index is 0.235. The van der Waals surface area contributed by atoms with Gasteiger partial charge >= 0.3 is 0 Å². The van der Waals surface area contributed by atoms with Crippen molar-refractivity contribution in [3.8, 4) is 0 Å². The molecule has 2 rings (SSSR count). The van der Waals surface area contributed by atoms with Crippen molar-refractivity contribution in [3.63, 3.8) is 0 Å². The summed E-state index contributed by atoms with van der Waals surface area (Å²) < 4.78 is 38.0. The molecule has 0 atom stereocenters. The van der Waals surface area contributed by atoms with Gasteiger partial charge in [0.2, 0.25) is 15.9 Å². The van der Waals surface area contributed by atoms with Crippen molar-refractivity contribution < 1.29 is 17.6 Å². The molecular weight excluding hydrogens is 355 g/mol. The molecule has 0 heterocycles. The van der Waals surface area contributed by atoms with Crippen LogP contribution in [0.5, 0.6) is 0 Å². The Kier molecular flexibility index (Phi) is 6.74. The third-order valence-electron chi connectivity index (χ3n) is 3.86. The predicted octanol–water partition coefficient (Wildman–Crippen LogP) is 3.57. The number of nitrogens with one attached hydrogen (secondary N) is 1. The van der Waals surface area contributed by atoms with Crippen molar-refractivity contribution in [2.75, 3.05) is 22.4 Å². The lowest BCUT2D eigenvalue weighted by Crippen LogP contribution is -2.37. The smallest absolute Gasteiger partial charge is 0.245 e. The lowest BCUT2D eigenvalue weighted by Gasteiger charge is -2.21. The van der Waals surface area contributed by atoms with E-state index >= 15 is 0 Å². The van der Waals surface area contributed by atoms with Gasteiger partial charge in [0.15, 0.2) is 0 Å². The third-order valence-corrected chi connectivity index (χ3v) is 5.00. The van der Waals surface area contributed by atoms with Crippen molar-refractivity contribution >= 4 is 27.3 Å². The van der Waals surface area contributed by atoms with E-state index in [-0.39, 0.29) is 12.2 Å². The lowest BCUT2D eigenvalue weighted by molar-refractivity contribution is -0.114. The largest absolute Gasteiger partial charge is 0.325 e. The summed E-state index contributed by atoms with van der Waals surface area (Å²) in [5.74, 6) is -0.948. The van der Waals surface area contributed by atoms with Gasteiger partial charge in [-0.25, -0.2) is 12.8 Å². The molecule has 26 heavy (non-hydrogen) atoms. The maximum atomic E-state index is 13.1. The SMILES string of the molecule is CCCCc1ccc(NC(=O)CN(c2ccc(F)cc2)S(C)(=O)=O)cc1. The first-order chi connectivity index (χ1) is 12.3. The van der Waals surface area contributed by atoms with Gasteiger partial charge in [-0.15, -0.1) is 0 Å². The van der Waals surface area contributed by atoms with Crippen LogP contribution < -0.4 is 9.62 Å². The van der Waals surface area contributed by atoms with Gasteiger partial charge in [-0.05, 0) is 54.8 Å². The molecule has 0 fully saturated rings. The number of carbonyl (C=O) groups excluding carboxylic acids is 1. The molecule has 0 aliphatic rings. The molecule has 1 N–H and O–H groups in total. The van der Waals surface area contributed by atoms with E-state index < -0.39 is 21.7 Å². The zero-order valence-corrected chi connectivity index (χ0v) is 15.7. The topological polar surface area (TPSA) is 66.5 Å². The molecule has 7 heteroatoms. The number of amides is 1. The Morgan fingerprint density at radius 3 is 2.23 bits per heavy atom. The Bertz CT molecular complexity index is 834. The number of halogens is 1. The van der Waals surface area contributed by atoms with Crippen LogP contribution in [0.25, 0.3) is 0 Å². The van der Waals surface area contributed by atoms with E-state index in [2.05, 4.69) is 12.2 Å². The third kappa shape index (κ3) is 5.84. The van der Waals surface area contributed by atoms with Crippen molar-refractivity contribution in [2.24, 2.45) is 0 Å². The molecule has 0 aliphatic heterocycles. The summed E-state index contributed by atoms with van der Waals surface area (Å²) in [5.41, 5.74) is 2.02. The highest BCUT2D eigenvalue weighted by Gasteiger charge is 2.21. The number of sulfonamides is 1. The van der Waals surface area contributed by atoms with Crippen molar-refractivity contribution in [1.29, 1.82) is 0 Å². The van der Waals surface area contributed by atoms with Crippen LogP contribution in [0.2, 0.25) is 0 Å². The van der Waals surface area contributed by atoms with Gasteiger partial charge in [-0.2, -0.15) is 0 Å². The maximum absolute atomic E-state index is 13.1. The lowest BCUT2D eigenvalue weighted by atomic mass is 10.1. The van der Waals surface area contributed by atoms with Gasteiger partial charge in [-0.3, -0.25) is 9.10 Å². The molecule has 0 aliphatic carbocycles. The summed E-state index contributed by atoms with van der Waals surface area (Å²) in [6, 6.07) is 12.4. The van der Waals surface area contributed by atoms with Gasteiger partial charge < -0.3 is 5.32 Å². The Morgan fingerprint density at radius 1 is 1.08 bits per heavy atom. The second-order valence-electron chi connectivity index (χ2n) is 6.09. The summed E-state index contributed by atoms with van der Waals surface area (Å²) in [7, 11) is -3.69. The number of nitrogens with zero attached hydrogens (tertiary/aromatic N) is 1. The zero-order valence-electron chi connectivity index (χ0n) is 14.9. The number of hydrogen-bond acceptors (Lipinski definition) is 3. The molecule has 0 spiro atoms. The number of carbonyl (C=O) groups is 1. The highest BCUT2D eigenvalue weighted by atomic mass is 32.2. The standard InChI is InChI=1S/C19H23FN2O3S/c1-3-4-5-15-6-10-17(11-7-15)21-19(23)14-22(26(2,24)25)18-12-8-16(20)9-13-18/h6-13H,3-5,14H2,1-2H3,(H,21,23). The second kappa shape index (κ2) is 8.80. The van der Waals surface area contributed by atoms with E-state index in [1.165, 1.54) is 17.7 Å². The number of aryl methyl sites for hydroxylation is 1. The van der Waals surface area contributed by atoms with Crippen LogP contribution in [0.1, 0.15) is 25.3 Å². The predicted molar refractivity (Wildman–Crippen MR) is 102 cm³/mol. The molecule has 0 saturated heterocycles. The minimum Gasteiger partial charge on any atom is -0.325 e. The van der Waals surface area contributed by atoms with Crippen molar-refractivity contribution in [1.82, 2.24) is 0 Å². The maximum Gasteiger partial charge on any atom is 0.245 e. The summed E-state index contributed by atoms with van der Waals surface area (Å²) in [5, 5.41) is 2.69. The van der Waals surface area contributed by atoms with Gasteiger partial charge in [0.1, 0.15) is 12.4 Å². The normalized spacial score (nSPS) is 11.2. The monoisotopic (exact) mass is 378 g/mol. The van der Waals surface area contributed by atoms with Crippen molar-refractivity contribution in [2.45, 2.75) is 26.2 Å². The van der Waals surface area contributed by atoms with Gasteiger partial charge in [-0.1, -0.05) is 25.5 Å². The highest BCUT2D eigenvalue weighted by Crippen LogP contribution is 2.18. The second-order valence-corrected chi connectivity index (χ2v) is 8.00. The summed E-state index contributed by atoms with van der Waals surface area (Å²) in [6.07, 6.45) is 4.21. The van der Waals surface area contributed by atoms with Crippen LogP contribution in [-0.4, -0.2) is 27.1 Å². The van der Waals surface area contributed by atoms with Crippen molar-refractivity contribution in [3.05, 3.63) is 59.9 Å². The Labute approximate surface area is 153 Å². The molecule has 0 radical (unpaired) electrons. The van der Waals surface area contributed by atoms with E-state index in [1.54, 1.807) is 12.1 Å². The first kappa shape index (κ1) is 19.9. The molecule has 0 aromatic heterocycles. The zero-order chi connectivity index (χ0) is 19.2. The highest BCUT2D eigenvalue weighted by molar-refractivity contribution is 7.92. The molecule has 2 aromatic rings. The fraction of sp³-hybridized carbons (Fsp3) is 0.316. The Balaban J connectivity index is 2.06. The molecule has 5 nitrogen and oxygen atoms in total. The van der Waals surface area contributed by atoms with E-state index in [0.29, 0.717) is 5.69 Å². The Hall–Kier alpha value is -2.41. The van der Waals surface area contributed by atoms with Crippen LogP contribution in [0.4, 0.5) is 15.8 Å². The molecule has 0 bridgehead atoms. The number of unbranched alkanes of at least 4 members (excludes halogenated alkanes) is 1. The molecule has 2 aromatic carbocycles. The summed E-state index contributed by atoms with van der Waals surface area (Å²) in [4.78, 5) is 12.3. The average molecular weight is 378 g/mol. The first-order valence-electron chi connectivity index (χ1n) is 8.41. The van der Waals surface area contributed by atoms with E-state index in [1.807, 2.05) is 12.1 Å². The fourth-order valence-electron chi connectivity index (χ4n) is 2.47. The summed E-state index contributed by atoms with van der Waals surface area (Å²) >= 11 is 0. The number of anilines is 2. The minimum atomic E-state index is -3.69.